The van der Waals surface area contributed by atoms with Gasteiger partial charge < -0.3 is 5.32 Å². The number of aromatic nitrogens is 4. The van der Waals surface area contributed by atoms with E-state index in [9.17, 15) is 4.79 Å². The van der Waals surface area contributed by atoms with E-state index in [1.165, 1.54) is 16.9 Å². The van der Waals surface area contributed by atoms with Crippen LogP contribution >= 0.6 is 11.3 Å². The van der Waals surface area contributed by atoms with Crippen molar-refractivity contribution in [2.75, 3.05) is 5.32 Å². The van der Waals surface area contributed by atoms with Gasteiger partial charge in [-0.25, -0.2) is 4.98 Å². The number of benzene rings is 1. The Morgan fingerprint density at radius 2 is 2.07 bits per heavy atom. The maximum absolute atomic E-state index is 13.5. The third-order valence-electron chi connectivity index (χ3n) is 5.62. The largest absolute Gasteiger partial charge is 0.325 e. The van der Waals surface area contributed by atoms with Crippen LogP contribution in [0.3, 0.4) is 0 Å². The van der Waals surface area contributed by atoms with Crippen molar-refractivity contribution in [2.45, 2.75) is 52.1 Å². The van der Waals surface area contributed by atoms with Gasteiger partial charge in [0.05, 0.1) is 11.9 Å². The highest BCUT2D eigenvalue weighted by molar-refractivity contribution is 7.18. The second kappa shape index (κ2) is 7.72. The van der Waals surface area contributed by atoms with Gasteiger partial charge in [0.1, 0.15) is 4.83 Å². The highest BCUT2D eigenvalue weighted by Gasteiger charge is 2.23. The molecule has 3 heterocycles. The number of aryl methyl sites for hydroxylation is 2. The van der Waals surface area contributed by atoms with Gasteiger partial charge in [0.25, 0.3) is 5.56 Å². The molecule has 0 aliphatic heterocycles. The number of fused-ring (bicyclic) bond motifs is 3. The predicted molar refractivity (Wildman–Crippen MR) is 122 cm³/mol. The lowest BCUT2D eigenvalue weighted by Crippen LogP contribution is -2.26. The second-order valence-electron chi connectivity index (χ2n) is 8.12. The first kappa shape index (κ1) is 19.1. The van der Waals surface area contributed by atoms with E-state index in [1.807, 2.05) is 42.9 Å². The molecular weight excluding hydrogens is 394 g/mol. The van der Waals surface area contributed by atoms with Crippen LogP contribution in [-0.4, -0.2) is 19.3 Å². The molecule has 0 spiro atoms. The molecule has 0 atom stereocenters. The van der Waals surface area contributed by atoms with Gasteiger partial charge in [0, 0.05) is 29.0 Å². The minimum atomic E-state index is 0.0169. The van der Waals surface area contributed by atoms with Crippen LogP contribution in [0.25, 0.3) is 10.2 Å². The molecule has 0 saturated carbocycles. The summed E-state index contributed by atoms with van der Waals surface area (Å²) in [6.07, 6.45) is 8.14. The minimum absolute atomic E-state index is 0.0169. The summed E-state index contributed by atoms with van der Waals surface area (Å²) in [6.45, 7) is 4.77. The Hall–Kier alpha value is -2.93. The first-order valence-corrected chi connectivity index (χ1v) is 11.3. The van der Waals surface area contributed by atoms with Crippen LogP contribution in [0.1, 0.15) is 48.7 Å². The molecule has 1 N–H and O–H groups in total. The maximum atomic E-state index is 13.5. The number of hydrogen-bond donors (Lipinski definition) is 1. The quantitative estimate of drug-likeness (QED) is 0.499. The van der Waals surface area contributed by atoms with Gasteiger partial charge in [-0.05, 0) is 68.9 Å². The third-order valence-corrected chi connectivity index (χ3v) is 6.81. The summed E-state index contributed by atoms with van der Waals surface area (Å²) in [7, 11) is 0. The zero-order valence-corrected chi connectivity index (χ0v) is 18.1. The number of thiophene rings is 1. The molecule has 0 fully saturated rings. The highest BCUT2D eigenvalue weighted by atomic mass is 32.1. The average Bonchev–Trinajstić information content (AvgIpc) is 3.35. The summed E-state index contributed by atoms with van der Waals surface area (Å²) in [5.74, 6) is 0.609. The van der Waals surface area contributed by atoms with E-state index in [4.69, 9.17) is 4.98 Å². The molecule has 0 saturated heterocycles. The van der Waals surface area contributed by atoms with Crippen LogP contribution in [0.15, 0.2) is 47.5 Å². The molecule has 6 nitrogen and oxygen atoms in total. The molecule has 30 heavy (non-hydrogen) atoms. The predicted octanol–water partition coefficient (Wildman–Crippen LogP) is 4.91. The standard InChI is InChI=1S/C23H25N5OS/c1-15(2)28-22(29)20-18-9-3-4-10-19(18)30-21(20)26-23(28)25-17-8-5-7-16(13-17)14-27-12-6-11-24-27/h5-8,11-13,15H,3-4,9-10,14H2,1-2H3,(H,25,26). The topological polar surface area (TPSA) is 64.7 Å². The Bertz CT molecular complexity index is 1250. The Balaban J connectivity index is 1.56. The van der Waals surface area contributed by atoms with Crippen LogP contribution < -0.4 is 10.9 Å². The third kappa shape index (κ3) is 3.43. The summed E-state index contributed by atoms with van der Waals surface area (Å²) in [5, 5.41) is 8.53. The lowest BCUT2D eigenvalue weighted by Gasteiger charge is -2.18. The van der Waals surface area contributed by atoms with Gasteiger partial charge in [-0.15, -0.1) is 11.3 Å². The maximum Gasteiger partial charge on any atom is 0.264 e. The van der Waals surface area contributed by atoms with Gasteiger partial charge in [-0.1, -0.05) is 12.1 Å². The molecule has 3 aromatic heterocycles. The molecule has 154 valence electrons. The fourth-order valence-electron chi connectivity index (χ4n) is 4.24. The zero-order chi connectivity index (χ0) is 20.7. The van der Waals surface area contributed by atoms with Crippen molar-refractivity contribution in [3.63, 3.8) is 0 Å². The summed E-state index contributed by atoms with van der Waals surface area (Å²) >= 11 is 1.69. The fourth-order valence-corrected chi connectivity index (χ4v) is 5.49. The van der Waals surface area contributed by atoms with Crippen molar-refractivity contribution in [1.29, 1.82) is 0 Å². The van der Waals surface area contributed by atoms with Gasteiger partial charge >= 0.3 is 0 Å². The smallest absolute Gasteiger partial charge is 0.264 e. The van der Waals surface area contributed by atoms with E-state index in [-0.39, 0.29) is 11.6 Å². The van der Waals surface area contributed by atoms with E-state index >= 15 is 0 Å². The molecule has 1 aliphatic rings. The monoisotopic (exact) mass is 419 g/mol. The highest BCUT2D eigenvalue weighted by Crippen LogP contribution is 2.35. The Morgan fingerprint density at radius 1 is 1.20 bits per heavy atom. The lowest BCUT2D eigenvalue weighted by molar-refractivity contribution is 0.582. The summed E-state index contributed by atoms with van der Waals surface area (Å²) in [5.41, 5.74) is 3.36. The Kier molecular flexibility index (Phi) is 4.90. The van der Waals surface area contributed by atoms with Crippen LogP contribution in [0.5, 0.6) is 0 Å². The molecule has 7 heteroatoms. The van der Waals surface area contributed by atoms with Gasteiger partial charge in [-0.2, -0.15) is 5.10 Å². The summed E-state index contributed by atoms with van der Waals surface area (Å²) in [4.78, 5) is 20.6. The average molecular weight is 420 g/mol. The van der Waals surface area contributed by atoms with Gasteiger partial charge in [-0.3, -0.25) is 14.0 Å². The number of hydrogen-bond acceptors (Lipinski definition) is 5. The molecule has 0 unspecified atom stereocenters. The number of anilines is 2. The molecule has 1 aliphatic carbocycles. The first-order chi connectivity index (χ1) is 14.6. The Morgan fingerprint density at radius 3 is 2.87 bits per heavy atom. The minimum Gasteiger partial charge on any atom is -0.325 e. The number of rotatable bonds is 5. The van der Waals surface area contributed by atoms with E-state index in [2.05, 4.69) is 22.5 Å². The van der Waals surface area contributed by atoms with Crippen LogP contribution in [0.2, 0.25) is 0 Å². The van der Waals surface area contributed by atoms with Crippen molar-refractivity contribution in [2.24, 2.45) is 0 Å². The van der Waals surface area contributed by atoms with E-state index in [1.54, 1.807) is 22.1 Å². The molecule has 0 radical (unpaired) electrons. The lowest BCUT2D eigenvalue weighted by atomic mass is 9.97. The zero-order valence-electron chi connectivity index (χ0n) is 17.3. The summed E-state index contributed by atoms with van der Waals surface area (Å²) < 4.78 is 3.69. The number of nitrogens with zero attached hydrogens (tertiary/aromatic N) is 4. The van der Waals surface area contributed by atoms with E-state index in [0.29, 0.717) is 12.5 Å². The second-order valence-corrected chi connectivity index (χ2v) is 9.21. The molecule has 4 aromatic rings. The van der Waals surface area contributed by atoms with Crippen LogP contribution in [0, 0.1) is 0 Å². The SMILES string of the molecule is CC(C)n1c(Nc2cccc(Cn3cccn3)c2)nc2sc3c(c2c1=O)CCCC3. The fraction of sp³-hybridized carbons (Fsp3) is 0.348. The van der Waals surface area contributed by atoms with Crippen molar-refractivity contribution < 1.29 is 0 Å². The van der Waals surface area contributed by atoms with Crippen molar-refractivity contribution in [3.05, 3.63) is 69.1 Å². The molecular formula is C23H25N5OS. The Labute approximate surface area is 179 Å². The van der Waals surface area contributed by atoms with Gasteiger partial charge in [0.2, 0.25) is 5.95 Å². The molecule has 5 rings (SSSR count). The molecule has 1 aromatic carbocycles. The van der Waals surface area contributed by atoms with Crippen molar-refractivity contribution in [3.8, 4) is 0 Å². The van der Waals surface area contributed by atoms with E-state index in [0.717, 1.165) is 40.7 Å². The summed E-state index contributed by atoms with van der Waals surface area (Å²) in [6, 6.07) is 10.1. The van der Waals surface area contributed by atoms with Crippen LogP contribution in [-0.2, 0) is 19.4 Å². The van der Waals surface area contributed by atoms with Crippen molar-refractivity contribution in [1.82, 2.24) is 19.3 Å². The normalized spacial score (nSPS) is 13.7. The molecule has 0 amide bonds. The molecule has 0 bridgehead atoms. The first-order valence-electron chi connectivity index (χ1n) is 10.5. The number of nitrogens with one attached hydrogen (secondary N) is 1. The van der Waals surface area contributed by atoms with Gasteiger partial charge in [0.15, 0.2) is 0 Å². The van der Waals surface area contributed by atoms with E-state index < -0.39 is 0 Å². The van der Waals surface area contributed by atoms with Crippen molar-refractivity contribution >= 4 is 33.2 Å². The van der Waals surface area contributed by atoms with Crippen LogP contribution in [0.4, 0.5) is 11.6 Å².